The highest BCUT2D eigenvalue weighted by atomic mass is 16.2. The van der Waals surface area contributed by atoms with Gasteiger partial charge in [-0.15, -0.1) is 0 Å². The summed E-state index contributed by atoms with van der Waals surface area (Å²) < 4.78 is 2.80. The van der Waals surface area contributed by atoms with Crippen molar-refractivity contribution in [2.45, 2.75) is 6.54 Å². The second-order valence-electron chi connectivity index (χ2n) is 7.59. The van der Waals surface area contributed by atoms with E-state index in [0.717, 1.165) is 10.8 Å². The fourth-order valence-corrected chi connectivity index (χ4v) is 4.13. The average Bonchev–Trinajstić information content (AvgIpc) is 2.72. The molecule has 2 heterocycles. The first-order valence-electron chi connectivity index (χ1n) is 9.49. The van der Waals surface area contributed by atoms with Gasteiger partial charge in [-0.05, 0) is 43.1 Å². The highest BCUT2D eigenvalue weighted by Gasteiger charge is 2.20. The minimum absolute atomic E-state index is 0.160. The average molecular weight is 385 g/mol. The summed E-state index contributed by atoms with van der Waals surface area (Å²) in [6.07, 6.45) is 0. The molecule has 0 unspecified atom stereocenters. The Morgan fingerprint density at radius 3 is 2.31 bits per heavy atom. The van der Waals surface area contributed by atoms with Crippen LogP contribution in [-0.2, 0) is 6.54 Å². The number of nitrogens with zero attached hydrogens (tertiary/aromatic N) is 3. The van der Waals surface area contributed by atoms with Gasteiger partial charge in [-0.2, -0.15) is 0 Å². The molecule has 0 aliphatic carbocycles. The van der Waals surface area contributed by atoms with Gasteiger partial charge in [-0.3, -0.25) is 18.6 Å². The molecule has 5 aromatic rings. The molecule has 0 bridgehead atoms. The molecule has 29 heavy (non-hydrogen) atoms. The van der Waals surface area contributed by atoms with Gasteiger partial charge in [-0.25, -0.2) is 4.79 Å². The number of aromatic nitrogens is 2. The number of likely N-dealkylation sites (N-methyl/N-ethyl adjacent to an activating group) is 1. The second-order valence-corrected chi connectivity index (χ2v) is 7.59. The van der Waals surface area contributed by atoms with Crippen LogP contribution in [0, 0.1) is 0 Å². The summed E-state index contributed by atoms with van der Waals surface area (Å²) in [6, 6.07) is 16.4. The molecule has 0 aliphatic rings. The zero-order valence-corrected chi connectivity index (χ0v) is 16.2. The lowest BCUT2D eigenvalue weighted by Crippen LogP contribution is -2.40. The Kier molecular flexibility index (Phi) is 3.79. The lowest BCUT2D eigenvalue weighted by atomic mass is 10.00. The molecule has 0 atom stereocenters. The zero-order chi connectivity index (χ0) is 20.3. The molecule has 0 saturated carbocycles. The van der Waals surface area contributed by atoms with Crippen LogP contribution in [0.4, 0.5) is 0 Å². The SMILES string of the molecule is CN(C)CCn1c(=O)c2cc3ccccc3c3c(=O)c4ccccc4n(c1=O)c23. The van der Waals surface area contributed by atoms with Crippen molar-refractivity contribution in [3.05, 3.63) is 85.7 Å². The molecule has 0 aliphatic heterocycles. The van der Waals surface area contributed by atoms with Crippen molar-refractivity contribution in [2.24, 2.45) is 0 Å². The number of pyridine rings is 1. The van der Waals surface area contributed by atoms with E-state index in [1.807, 2.05) is 43.3 Å². The third-order valence-electron chi connectivity index (χ3n) is 5.53. The maximum absolute atomic E-state index is 13.4. The molecule has 3 aromatic carbocycles. The molecule has 6 nitrogen and oxygen atoms in total. The number of benzene rings is 3. The molecular weight excluding hydrogens is 366 g/mol. The van der Waals surface area contributed by atoms with E-state index in [0.29, 0.717) is 33.7 Å². The first kappa shape index (κ1) is 17.6. The van der Waals surface area contributed by atoms with Crippen molar-refractivity contribution < 1.29 is 0 Å². The van der Waals surface area contributed by atoms with Gasteiger partial charge < -0.3 is 4.90 Å². The fraction of sp³-hybridized carbons (Fsp3) is 0.174. The standard InChI is InChI=1S/C23H19N3O3/c1-24(2)11-12-25-22(28)17-13-14-7-3-4-8-15(14)19-20(17)26(23(25)29)18-10-6-5-9-16(18)21(19)27/h3-10,13H,11-12H2,1-2H3. The summed E-state index contributed by atoms with van der Waals surface area (Å²) in [5.74, 6) is 0. The van der Waals surface area contributed by atoms with Gasteiger partial charge in [-0.1, -0.05) is 36.4 Å². The lowest BCUT2D eigenvalue weighted by Gasteiger charge is -2.16. The van der Waals surface area contributed by atoms with E-state index in [1.165, 1.54) is 8.97 Å². The zero-order valence-electron chi connectivity index (χ0n) is 16.2. The molecule has 0 N–H and O–H groups in total. The fourth-order valence-electron chi connectivity index (χ4n) is 4.13. The van der Waals surface area contributed by atoms with Crippen LogP contribution in [0.25, 0.3) is 38.0 Å². The highest BCUT2D eigenvalue weighted by Crippen LogP contribution is 2.28. The van der Waals surface area contributed by atoms with Crippen molar-refractivity contribution in [3.63, 3.8) is 0 Å². The summed E-state index contributed by atoms with van der Waals surface area (Å²) >= 11 is 0. The Bertz CT molecular complexity index is 1600. The summed E-state index contributed by atoms with van der Waals surface area (Å²) in [4.78, 5) is 42.0. The molecule has 0 fully saturated rings. The van der Waals surface area contributed by atoms with Gasteiger partial charge in [0.1, 0.15) is 0 Å². The topological polar surface area (TPSA) is 63.8 Å². The van der Waals surface area contributed by atoms with E-state index >= 15 is 0 Å². The van der Waals surface area contributed by atoms with Crippen molar-refractivity contribution in [2.75, 3.05) is 20.6 Å². The van der Waals surface area contributed by atoms with E-state index in [1.54, 1.807) is 30.3 Å². The van der Waals surface area contributed by atoms with Crippen LogP contribution in [0.5, 0.6) is 0 Å². The second kappa shape index (κ2) is 6.25. The van der Waals surface area contributed by atoms with Gasteiger partial charge in [0.2, 0.25) is 0 Å². The number of hydrogen-bond donors (Lipinski definition) is 0. The first-order valence-corrected chi connectivity index (χ1v) is 9.49. The largest absolute Gasteiger partial charge is 0.336 e. The van der Waals surface area contributed by atoms with Gasteiger partial charge in [0.05, 0.1) is 21.8 Å². The van der Waals surface area contributed by atoms with E-state index in [4.69, 9.17) is 0 Å². The summed E-state index contributed by atoms with van der Waals surface area (Å²) in [6.45, 7) is 0.834. The van der Waals surface area contributed by atoms with E-state index < -0.39 is 5.69 Å². The van der Waals surface area contributed by atoms with Crippen LogP contribution in [0.3, 0.4) is 0 Å². The van der Waals surface area contributed by atoms with Crippen molar-refractivity contribution in [1.82, 2.24) is 13.9 Å². The smallest absolute Gasteiger partial charge is 0.308 e. The van der Waals surface area contributed by atoms with Crippen molar-refractivity contribution >= 4 is 38.0 Å². The van der Waals surface area contributed by atoms with Gasteiger partial charge in [0, 0.05) is 18.5 Å². The monoisotopic (exact) mass is 385 g/mol. The molecule has 0 amide bonds. The normalized spacial score (nSPS) is 12.1. The maximum Gasteiger partial charge on any atom is 0.336 e. The molecular formula is C23H19N3O3. The Hall–Kier alpha value is -3.51. The predicted octanol–water partition coefficient (Wildman–Crippen LogP) is 2.28. The van der Waals surface area contributed by atoms with Gasteiger partial charge >= 0.3 is 5.69 Å². The molecule has 6 heteroatoms. The van der Waals surface area contributed by atoms with E-state index in [2.05, 4.69) is 0 Å². The number of fused-ring (bicyclic) bond motifs is 4. The van der Waals surface area contributed by atoms with Crippen LogP contribution in [0.1, 0.15) is 0 Å². The minimum Gasteiger partial charge on any atom is -0.308 e. The van der Waals surface area contributed by atoms with E-state index in [-0.39, 0.29) is 17.5 Å². The molecule has 2 aromatic heterocycles. The number of rotatable bonds is 3. The molecule has 0 saturated heterocycles. The third-order valence-corrected chi connectivity index (χ3v) is 5.53. The van der Waals surface area contributed by atoms with Crippen LogP contribution in [-0.4, -0.2) is 34.5 Å². The van der Waals surface area contributed by atoms with Gasteiger partial charge in [0.25, 0.3) is 5.56 Å². The lowest BCUT2D eigenvalue weighted by molar-refractivity contribution is 0.376. The Labute approximate surface area is 165 Å². The number of para-hydroxylation sites is 1. The van der Waals surface area contributed by atoms with Crippen LogP contribution >= 0.6 is 0 Å². The Balaban J connectivity index is 2.14. The third kappa shape index (κ3) is 2.42. The van der Waals surface area contributed by atoms with Crippen LogP contribution in [0.15, 0.2) is 69.0 Å². The predicted molar refractivity (Wildman–Crippen MR) is 116 cm³/mol. The minimum atomic E-state index is -0.416. The Morgan fingerprint density at radius 2 is 1.55 bits per heavy atom. The summed E-state index contributed by atoms with van der Waals surface area (Å²) in [5, 5.41) is 2.84. The molecule has 144 valence electrons. The first-order chi connectivity index (χ1) is 14.0. The Morgan fingerprint density at radius 1 is 0.862 bits per heavy atom. The molecule has 0 spiro atoms. The number of hydrogen-bond acceptors (Lipinski definition) is 4. The summed E-state index contributed by atoms with van der Waals surface area (Å²) in [5.41, 5.74) is -0.00672. The summed E-state index contributed by atoms with van der Waals surface area (Å²) in [7, 11) is 3.79. The van der Waals surface area contributed by atoms with Crippen molar-refractivity contribution in [1.29, 1.82) is 0 Å². The highest BCUT2D eigenvalue weighted by molar-refractivity contribution is 6.16. The van der Waals surface area contributed by atoms with E-state index in [9.17, 15) is 14.4 Å². The quantitative estimate of drug-likeness (QED) is 0.353. The van der Waals surface area contributed by atoms with Crippen LogP contribution in [0.2, 0.25) is 0 Å². The van der Waals surface area contributed by atoms with Gasteiger partial charge in [0.15, 0.2) is 5.43 Å². The van der Waals surface area contributed by atoms with Crippen molar-refractivity contribution in [3.8, 4) is 0 Å². The van der Waals surface area contributed by atoms with Crippen LogP contribution < -0.4 is 16.7 Å². The molecule has 5 rings (SSSR count). The molecule has 0 radical (unpaired) electrons. The maximum atomic E-state index is 13.4.